The Labute approximate surface area is 72.5 Å². The third-order valence-corrected chi connectivity index (χ3v) is 2.60. The first-order valence-electron chi connectivity index (χ1n) is 4.01. The summed E-state index contributed by atoms with van der Waals surface area (Å²) in [6.07, 6.45) is 10.4. The highest BCUT2D eigenvalue weighted by Crippen LogP contribution is 2.14. The molecule has 0 unspecified atom stereocenters. The van der Waals surface area contributed by atoms with Crippen LogP contribution in [-0.4, -0.2) is 18.1 Å². The zero-order valence-corrected chi connectivity index (χ0v) is 7.48. The van der Waals surface area contributed by atoms with Gasteiger partial charge in [-0.2, -0.15) is 11.8 Å². The molecule has 11 heavy (non-hydrogen) atoms. The zero-order valence-electron chi connectivity index (χ0n) is 6.66. The molecule has 0 aromatic carbocycles. The molecule has 0 bridgehead atoms. The highest BCUT2D eigenvalue weighted by Gasteiger charge is 1.95. The van der Waals surface area contributed by atoms with Gasteiger partial charge in [0.05, 0.1) is 6.26 Å². The van der Waals surface area contributed by atoms with Crippen molar-refractivity contribution < 1.29 is 4.74 Å². The van der Waals surface area contributed by atoms with Crippen LogP contribution >= 0.6 is 11.8 Å². The minimum absolute atomic E-state index is 0.733. The van der Waals surface area contributed by atoms with Gasteiger partial charge in [-0.3, -0.25) is 0 Å². The summed E-state index contributed by atoms with van der Waals surface area (Å²) in [5, 5.41) is 0. The minimum atomic E-state index is 0.733. The number of rotatable bonds is 0. The molecule has 0 saturated carbocycles. The molecular weight excluding hydrogens is 156 g/mol. The second kappa shape index (κ2) is 6.35. The first-order chi connectivity index (χ1) is 5.50. The molecule has 0 aliphatic carbocycles. The van der Waals surface area contributed by atoms with E-state index in [0.717, 1.165) is 6.61 Å². The third kappa shape index (κ3) is 4.96. The van der Waals surface area contributed by atoms with Gasteiger partial charge in [-0.1, -0.05) is 6.08 Å². The van der Waals surface area contributed by atoms with Crippen molar-refractivity contribution in [3.05, 3.63) is 24.5 Å². The van der Waals surface area contributed by atoms with Gasteiger partial charge in [-0.25, -0.2) is 0 Å². The van der Waals surface area contributed by atoms with E-state index >= 15 is 0 Å². The van der Waals surface area contributed by atoms with Gasteiger partial charge in [0.1, 0.15) is 6.61 Å². The summed E-state index contributed by atoms with van der Waals surface area (Å²) in [5.41, 5.74) is 0. The van der Waals surface area contributed by atoms with Crippen LogP contribution in [0.4, 0.5) is 0 Å². The van der Waals surface area contributed by atoms with Crippen molar-refractivity contribution in [1.29, 1.82) is 0 Å². The van der Waals surface area contributed by atoms with Crippen LogP contribution in [0, 0.1) is 0 Å². The lowest BCUT2D eigenvalue weighted by molar-refractivity contribution is 0.286. The minimum Gasteiger partial charge on any atom is -0.497 e. The lowest BCUT2D eigenvalue weighted by atomic mass is 10.4. The maximum Gasteiger partial charge on any atom is 0.106 e. The van der Waals surface area contributed by atoms with E-state index in [1.165, 1.54) is 24.3 Å². The first kappa shape index (κ1) is 8.72. The number of ether oxygens (including phenoxy) is 1. The Kier molecular flexibility index (Phi) is 5.03. The lowest BCUT2D eigenvalue weighted by Gasteiger charge is -1.94. The monoisotopic (exact) mass is 170 g/mol. The molecule has 2 aliphatic heterocycles. The van der Waals surface area contributed by atoms with Crippen molar-refractivity contribution in [3.63, 3.8) is 0 Å². The zero-order chi connectivity index (χ0) is 7.78. The quantitative estimate of drug-likeness (QED) is 0.552. The van der Waals surface area contributed by atoms with E-state index in [-0.39, 0.29) is 0 Å². The van der Waals surface area contributed by atoms with Crippen LogP contribution in [0.15, 0.2) is 24.5 Å². The molecule has 0 spiro atoms. The van der Waals surface area contributed by atoms with Crippen molar-refractivity contribution in [2.24, 2.45) is 0 Å². The highest BCUT2D eigenvalue weighted by atomic mass is 32.2. The standard InChI is InChI=1S/C5H6O.C4H8S/c1-2-4-6-5-3-1;1-2-4-5-3-1/h1-4H,5H2;1-4H2. The normalized spacial score (nSPS) is 20.4. The Morgan fingerprint density at radius 1 is 1.09 bits per heavy atom. The Hall–Kier alpha value is -0.370. The van der Waals surface area contributed by atoms with Gasteiger partial charge >= 0.3 is 0 Å². The Morgan fingerprint density at radius 3 is 2.09 bits per heavy atom. The van der Waals surface area contributed by atoms with E-state index < -0.39 is 0 Å². The van der Waals surface area contributed by atoms with Crippen LogP contribution < -0.4 is 0 Å². The van der Waals surface area contributed by atoms with Crippen LogP contribution in [0.2, 0.25) is 0 Å². The molecule has 1 fully saturated rings. The summed E-state index contributed by atoms with van der Waals surface area (Å²) >= 11 is 2.07. The number of thioether (sulfide) groups is 1. The molecule has 2 heteroatoms. The first-order valence-corrected chi connectivity index (χ1v) is 5.16. The molecule has 1 nitrogen and oxygen atoms in total. The topological polar surface area (TPSA) is 9.23 Å². The van der Waals surface area contributed by atoms with Gasteiger partial charge in [0, 0.05) is 0 Å². The molecule has 0 aromatic heterocycles. The second-order valence-electron chi connectivity index (χ2n) is 2.41. The fraction of sp³-hybridized carbons (Fsp3) is 0.556. The summed E-state index contributed by atoms with van der Waals surface area (Å²) in [7, 11) is 0. The predicted octanol–water partition coefficient (Wildman–Crippen LogP) is 2.60. The molecule has 2 heterocycles. The van der Waals surface area contributed by atoms with Crippen molar-refractivity contribution in [3.8, 4) is 0 Å². The summed E-state index contributed by atoms with van der Waals surface area (Å²) in [6, 6.07) is 0. The number of allylic oxidation sites excluding steroid dienone is 2. The maximum atomic E-state index is 4.80. The summed E-state index contributed by atoms with van der Waals surface area (Å²) in [5.74, 6) is 2.83. The van der Waals surface area contributed by atoms with E-state index in [1.807, 2.05) is 18.2 Å². The molecule has 0 aromatic rings. The summed E-state index contributed by atoms with van der Waals surface area (Å²) < 4.78 is 4.80. The molecule has 0 radical (unpaired) electrons. The molecule has 2 rings (SSSR count). The second-order valence-corrected chi connectivity index (χ2v) is 3.63. The number of hydrogen-bond acceptors (Lipinski definition) is 2. The highest BCUT2D eigenvalue weighted by molar-refractivity contribution is 7.99. The lowest BCUT2D eigenvalue weighted by Crippen LogP contribution is -1.82. The van der Waals surface area contributed by atoms with Crippen molar-refractivity contribution in [2.75, 3.05) is 18.1 Å². The van der Waals surface area contributed by atoms with Gasteiger partial charge in [-0.15, -0.1) is 0 Å². The largest absolute Gasteiger partial charge is 0.497 e. The van der Waals surface area contributed by atoms with E-state index in [0.29, 0.717) is 0 Å². The van der Waals surface area contributed by atoms with Crippen LogP contribution in [0.1, 0.15) is 12.8 Å². The number of hydrogen-bond donors (Lipinski definition) is 0. The fourth-order valence-corrected chi connectivity index (χ4v) is 1.88. The summed E-state index contributed by atoms with van der Waals surface area (Å²) in [4.78, 5) is 0. The van der Waals surface area contributed by atoms with E-state index in [9.17, 15) is 0 Å². The average molecular weight is 170 g/mol. The smallest absolute Gasteiger partial charge is 0.106 e. The molecule has 0 atom stereocenters. The maximum absolute atomic E-state index is 4.80. The molecular formula is C9H14OS. The molecule has 62 valence electrons. The molecule has 0 amide bonds. The Morgan fingerprint density at radius 2 is 1.91 bits per heavy atom. The van der Waals surface area contributed by atoms with E-state index in [1.54, 1.807) is 6.26 Å². The van der Waals surface area contributed by atoms with Gasteiger partial charge in [-0.05, 0) is 36.5 Å². The van der Waals surface area contributed by atoms with E-state index in [4.69, 9.17) is 4.74 Å². The summed E-state index contributed by atoms with van der Waals surface area (Å²) in [6.45, 7) is 0.733. The van der Waals surface area contributed by atoms with Gasteiger partial charge in [0.25, 0.3) is 0 Å². The van der Waals surface area contributed by atoms with Gasteiger partial charge < -0.3 is 4.74 Å². The predicted molar refractivity (Wildman–Crippen MR) is 50.8 cm³/mol. The van der Waals surface area contributed by atoms with Crippen molar-refractivity contribution in [2.45, 2.75) is 12.8 Å². The fourth-order valence-electron chi connectivity index (χ4n) is 0.856. The van der Waals surface area contributed by atoms with Crippen LogP contribution in [0.3, 0.4) is 0 Å². The van der Waals surface area contributed by atoms with Crippen molar-refractivity contribution in [1.82, 2.24) is 0 Å². The van der Waals surface area contributed by atoms with Crippen LogP contribution in [-0.2, 0) is 4.74 Å². The third-order valence-electron chi connectivity index (χ3n) is 1.44. The SMILES string of the molecule is C1=CCOC=C1.C1CCSC1. The van der Waals surface area contributed by atoms with Crippen LogP contribution in [0.25, 0.3) is 0 Å². The van der Waals surface area contributed by atoms with Crippen LogP contribution in [0.5, 0.6) is 0 Å². The Balaban J connectivity index is 0.000000112. The van der Waals surface area contributed by atoms with Gasteiger partial charge in [0.15, 0.2) is 0 Å². The average Bonchev–Trinajstić information content (AvgIpc) is 2.64. The molecule has 2 aliphatic rings. The molecule has 0 N–H and O–H groups in total. The Bertz CT molecular complexity index is 117. The molecule has 1 saturated heterocycles. The van der Waals surface area contributed by atoms with Crippen molar-refractivity contribution >= 4 is 11.8 Å². The van der Waals surface area contributed by atoms with E-state index in [2.05, 4.69) is 11.8 Å². The van der Waals surface area contributed by atoms with Gasteiger partial charge in [0.2, 0.25) is 0 Å².